The molecule has 6 rings (SSSR count). The van der Waals surface area contributed by atoms with E-state index in [1.165, 1.54) is 0 Å². The number of fused-ring (bicyclic) bond motifs is 3. The second kappa shape index (κ2) is 8.62. The van der Waals surface area contributed by atoms with Gasteiger partial charge in [-0.25, -0.2) is 4.68 Å². The molecule has 3 heterocycles. The van der Waals surface area contributed by atoms with Crippen LogP contribution >= 0.6 is 27.5 Å². The molecule has 0 fully saturated rings. The highest BCUT2D eigenvalue weighted by Gasteiger charge is 2.42. The number of rotatable bonds is 4. The van der Waals surface area contributed by atoms with Crippen molar-refractivity contribution in [1.29, 1.82) is 0 Å². The molecule has 1 N–H and O–H groups in total. The highest BCUT2D eigenvalue weighted by atomic mass is 79.9. The van der Waals surface area contributed by atoms with Gasteiger partial charge >= 0.3 is 0 Å². The molecule has 0 spiro atoms. The van der Waals surface area contributed by atoms with Gasteiger partial charge in [0.2, 0.25) is 5.95 Å². The van der Waals surface area contributed by atoms with E-state index < -0.39 is 6.10 Å². The minimum atomic E-state index is -0.469. The minimum Gasteiger partial charge on any atom is -0.497 e. The molecule has 0 saturated heterocycles. The van der Waals surface area contributed by atoms with E-state index in [2.05, 4.69) is 31.3 Å². The highest BCUT2D eigenvalue weighted by Crippen LogP contribution is 2.52. The topological polar surface area (TPSA) is 70.4 Å². The second-order valence-electron chi connectivity index (χ2n) is 8.18. The number of nitrogens with one attached hydrogen (secondary N) is 1. The number of aromatic nitrogens is 3. The summed E-state index contributed by atoms with van der Waals surface area (Å²) >= 11 is 10.0. The summed E-state index contributed by atoms with van der Waals surface area (Å²) < 4.78 is 20.6. The zero-order valence-electron chi connectivity index (χ0n) is 18.8. The van der Waals surface area contributed by atoms with Crippen molar-refractivity contribution in [2.75, 3.05) is 19.5 Å². The summed E-state index contributed by atoms with van der Waals surface area (Å²) in [7, 11) is 3.31. The van der Waals surface area contributed by atoms with Crippen LogP contribution in [-0.2, 0) is 0 Å². The molecule has 0 bridgehead atoms. The quantitative estimate of drug-likeness (QED) is 0.322. The van der Waals surface area contributed by atoms with Gasteiger partial charge in [-0.15, -0.1) is 0 Å². The standard InChI is InChI=1S/C26H20BrClN4O3/c1-33-17-7-3-14(4-8-17)24-22-23(31-26-29-13-30-32(24)26)18-12-16(28)6-10-21(18)35-25(22)19-11-15(27)5-9-20(19)34-2/h3-13,24-25H,1-2H3,(H,29,30,31)/t24-,25-/m0/s1. The molecule has 176 valence electrons. The molecule has 4 aromatic rings. The number of methoxy groups -OCH3 is 2. The predicted molar refractivity (Wildman–Crippen MR) is 137 cm³/mol. The zero-order valence-corrected chi connectivity index (χ0v) is 21.2. The fourth-order valence-corrected chi connectivity index (χ4v) is 5.27. The van der Waals surface area contributed by atoms with Gasteiger partial charge in [-0.05, 0) is 54.1 Å². The maximum Gasteiger partial charge on any atom is 0.226 e. The molecule has 0 unspecified atom stereocenters. The normalized spacial score (nSPS) is 18.1. The molecule has 35 heavy (non-hydrogen) atoms. The molecule has 2 aliphatic rings. The lowest BCUT2D eigenvalue weighted by atomic mass is 9.84. The fraction of sp³-hybridized carbons (Fsp3) is 0.154. The Morgan fingerprint density at radius 3 is 2.63 bits per heavy atom. The molecule has 9 heteroatoms. The Kier molecular flexibility index (Phi) is 5.42. The Bertz CT molecular complexity index is 1470. The highest BCUT2D eigenvalue weighted by molar-refractivity contribution is 9.10. The molecule has 2 atom stereocenters. The van der Waals surface area contributed by atoms with Crippen molar-refractivity contribution in [1.82, 2.24) is 14.8 Å². The average molecular weight is 552 g/mol. The Labute approximate surface area is 215 Å². The van der Waals surface area contributed by atoms with Crippen LogP contribution in [0.3, 0.4) is 0 Å². The summed E-state index contributed by atoms with van der Waals surface area (Å²) in [6.07, 6.45) is 1.08. The van der Waals surface area contributed by atoms with Crippen LogP contribution in [0.2, 0.25) is 5.02 Å². The van der Waals surface area contributed by atoms with Crippen LogP contribution < -0.4 is 19.5 Å². The van der Waals surface area contributed by atoms with Gasteiger partial charge in [0.1, 0.15) is 29.6 Å². The van der Waals surface area contributed by atoms with Gasteiger partial charge in [-0.2, -0.15) is 10.1 Å². The molecule has 3 aromatic carbocycles. The van der Waals surface area contributed by atoms with Crippen LogP contribution in [-0.4, -0.2) is 29.0 Å². The first-order valence-electron chi connectivity index (χ1n) is 10.9. The summed E-state index contributed by atoms with van der Waals surface area (Å²) in [5.41, 5.74) is 4.63. The monoisotopic (exact) mass is 550 g/mol. The number of halogens is 2. The summed E-state index contributed by atoms with van der Waals surface area (Å²) in [4.78, 5) is 4.47. The van der Waals surface area contributed by atoms with Gasteiger partial charge in [0, 0.05) is 26.2 Å². The maximum absolute atomic E-state index is 6.68. The van der Waals surface area contributed by atoms with Crippen LogP contribution in [0.5, 0.6) is 17.2 Å². The average Bonchev–Trinajstić information content (AvgIpc) is 3.35. The van der Waals surface area contributed by atoms with Crippen LogP contribution in [0.4, 0.5) is 5.95 Å². The number of benzene rings is 3. The molecule has 1 aromatic heterocycles. The molecule has 0 aliphatic carbocycles. The molecular formula is C26H20BrClN4O3. The van der Waals surface area contributed by atoms with Gasteiger partial charge in [0.15, 0.2) is 6.10 Å². The van der Waals surface area contributed by atoms with Gasteiger partial charge in [-0.1, -0.05) is 39.7 Å². The van der Waals surface area contributed by atoms with Gasteiger partial charge in [0.05, 0.1) is 19.9 Å². The van der Waals surface area contributed by atoms with Crippen molar-refractivity contribution < 1.29 is 14.2 Å². The Hall–Kier alpha value is -3.49. The lowest BCUT2D eigenvalue weighted by Gasteiger charge is -2.39. The van der Waals surface area contributed by atoms with E-state index in [4.69, 9.17) is 25.8 Å². The van der Waals surface area contributed by atoms with E-state index in [1.807, 2.05) is 65.3 Å². The van der Waals surface area contributed by atoms with Gasteiger partial charge in [0.25, 0.3) is 0 Å². The Balaban J connectivity index is 1.64. The van der Waals surface area contributed by atoms with Gasteiger partial charge < -0.3 is 19.5 Å². The van der Waals surface area contributed by atoms with Crippen molar-refractivity contribution in [3.05, 3.63) is 98.7 Å². The van der Waals surface area contributed by atoms with Crippen molar-refractivity contribution in [2.24, 2.45) is 0 Å². The first-order chi connectivity index (χ1) is 17.1. The summed E-state index contributed by atoms with van der Waals surface area (Å²) in [6.45, 7) is 0. The van der Waals surface area contributed by atoms with Crippen LogP contribution in [0.25, 0.3) is 5.70 Å². The number of nitrogens with zero attached hydrogens (tertiary/aromatic N) is 3. The molecule has 0 saturated carbocycles. The van der Waals surface area contributed by atoms with Crippen molar-refractivity contribution in [3.63, 3.8) is 0 Å². The second-order valence-corrected chi connectivity index (χ2v) is 9.54. The van der Waals surface area contributed by atoms with Crippen molar-refractivity contribution in [2.45, 2.75) is 12.1 Å². The molecule has 0 radical (unpaired) electrons. The minimum absolute atomic E-state index is 0.296. The van der Waals surface area contributed by atoms with E-state index in [0.717, 1.165) is 43.9 Å². The fourth-order valence-electron chi connectivity index (χ4n) is 4.72. The molecular weight excluding hydrogens is 532 g/mol. The van der Waals surface area contributed by atoms with Crippen molar-refractivity contribution >= 4 is 39.2 Å². The van der Waals surface area contributed by atoms with Crippen molar-refractivity contribution in [3.8, 4) is 17.2 Å². The third-order valence-corrected chi connectivity index (χ3v) is 7.01. The summed E-state index contributed by atoms with van der Waals surface area (Å²) in [5.74, 6) is 2.85. The lowest BCUT2D eigenvalue weighted by Crippen LogP contribution is -2.32. The summed E-state index contributed by atoms with van der Waals surface area (Å²) in [6, 6.07) is 19.2. The zero-order chi connectivity index (χ0) is 24.1. The molecule has 0 amide bonds. The smallest absolute Gasteiger partial charge is 0.226 e. The number of anilines is 1. The Morgan fingerprint density at radius 1 is 1.03 bits per heavy atom. The lowest BCUT2D eigenvalue weighted by molar-refractivity contribution is 0.217. The predicted octanol–water partition coefficient (Wildman–Crippen LogP) is 6.27. The molecule has 2 aliphatic heterocycles. The molecule has 7 nitrogen and oxygen atoms in total. The van der Waals surface area contributed by atoms with E-state index in [0.29, 0.717) is 16.7 Å². The van der Waals surface area contributed by atoms with Crippen LogP contribution in [0, 0.1) is 0 Å². The van der Waals surface area contributed by atoms with Crippen LogP contribution in [0.1, 0.15) is 28.8 Å². The number of ether oxygens (including phenoxy) is 3. The van der Waals surface area contributed by atoms with Gasteiger partial charge in [-0.3, -0.25) is 0 Å². The van der Waals surface area contributed by atoms with E-state index in [-0.39, 0.29) is 6.04 Å². The Morgan fingerprint density at radius 2 is 1.86 bits per heavy atom. The third kappa shape index (κ3) is 3.64. The van der Waals surface area contributed by atoms with E-state index >= 15 is 0 Å². The number of hydrogen-bond donors (Lipinski definition) is 1. The van der Waals surface area contributed by atoms with E-state index in [9.17, 15) is 0 Å². The first kappa shape index (κ1) is 22.0. The third-order valence-electron chi connectivity index (χ3n) is 6.28. The SMILES string of the molecule is COc1ccc([C@H]2C3=C(Nc4ncnn42)c2cc(Cl)ccc2O[C@H]3c2cc(Br)ccc2OC)cc1. The van der Waals surface area contributed by atoms with E-state index in [1.54, 1.807) is 20.5 Å². The summed E-state index contributed by atoms with van der Waals surface area (Å²) in [5, 5.41) is 8.67. The first-order valence-corrected chi connectivity index (χ1v) is 12.1. The largest absolute Gasteiger partial charge is 0.497 e. The van der Waals surface area contributed by atoms with Crippen LogP contribution in [0.15, 0.2) is 77.0 Å². The maximum atomic E-state index is 6.68. The number of hydrogen-bond acceptors (Lipinski definition) is 6.